The van der Waals surface area contributed by atoms with E-state index in [9.17, 15) is 19.7 Å². The molecule has 1 aliphatic rings. The van der Waals surface area contributed by atoms with E-state index in [1.165, 1.54) is 25.1 Å². The van der Waals surface area contributed by atoms with E-state index in [4.69, 9.17) is 21.7 Å². The van der Waals surface area contributed by atoms with Crippen molar-refractivity contribution in [1.82, 2.24) is 4.90 Å². The number of hydrogen-bond donors (Lipinski definition) is 1. The molecule has 0 spiro atoms. The van der Waals surface area contributed by atoms with Crippen molar-refractivity contribution < 1.29 is 24.0 Å². The Balaban J connectivity index is 1.86. The summed E-state index contributed by atoms with van der Waals surface area (Å²) in [7, 11) is 0. The molecule has 1 N–H and O–H groups in total. The number of nitrogens with zero attached hydrogens (tertiary/aromatic N) is 2. The summed E-state index contributed by atoms with van der Waals surface area (Å²) < 4.78 is 5.81. The topological polar surface area (TPSA) is 114 Å². The molecule has 2 heterocycles. The minimum Gasteiger partial charge on any atom is -0.480 e. The van der Waals surface area contributed by atoms with Crippen molar-refractivity contribution in [2.45, 2.75) is 13.0 Å². The number of benzene rings is 1. The summed E-state index contributed by atoms with van der Waals surface area (Å²) in [4.78, 5) is 35.2. The number of nitro benzene ring substituents is 1. The van der Waals surface area contributed by atoms with Crippen LogP contribution < -0.4 is 0 Å². The number of aliphatic carboxylic acids is 1. The molecule has 1 aromatic heterocycles. The van der Waals surface area contributed by atoms with Gasteiger partial charge < -0.3 is 9.52 Å². The lowest BCUT2D eigenvalue weighted by Crippen LogP contribution is -2.41. The van der Waals surface area contributed by atoms with E-state index in [1.54, 1.807) is 24.3 Å². The maximum atomic E-state index is 12.4. The molecule has 1 aliphatic heterocycles. The van der Waals surface area contributed by atoms with E-state index >= 15 is 0 Å². The first-order valence-corrected chi connectivity index (χ1v) is 8.85. The van der Waals surface area contributed by atoms with Crippen molar-refractivity contribution in [3.05, 3.63) is 57.2 Å². The van der Waals surface area contributed by atoms with Gasteiger partial charge in [0.1, 0.15) is 21.9 Å². The highest BCUT2D eigenvalue weighted by Gasteiger charge is 2.38. The van der Waals surface area contributed by atoms with Crippen LogP contribution in [0.2, 0.25) is 0 Å². The summed E-state index contributed by atoms with van der Waals surface area (Å²) in [6, 6.07) is 8.16. The Hall–Kier alpha value is -2.98. The standard InChI is InChI=1S/C17H12N2O6S2/c1-9(16(21)22)18-15(20)14(27-17(18)26)8-12-5-6-13(25-12)10-3-2-4-11(7-10)19(23)24/h2-9H,1H3,(H,21,22)/b14-8-. The first-order valence-electron chi connectivity index (χ1n) is 7.62. The van der Waals surface area contributed by atoms with Crippen LogP contribution in [0.25, 0.3) is 17.4 Å². The van der Waals surface area contributed by atoms with Crippen LogP contribution in [0.15, 0.2) is 45.7 Å². The fraction of sp³-hybridized carbons (Fsp3) is 0.118. The van der Waals surface area contributed by atoms with Gasteiger partial charge in [0.25, 0.3) is 11.6 Å². The summed E-state index contributed by atoms with van der Waals surface area (Å²) in [5.41, 5.74) is 0.463. The minimum absolute atomic E-state index is 0.0611. The SMILES string of the molecule is CC(C(=O)O)N1C(=O)/C(=C/c2ccc(-c3cccc([N+](=O)[O-])c3)o2)SC1=S. The number of thioether (sulfide) groups is 1. The Morgan fingerprint density at radius 1 is 1.41 bits per heavy atom. The minimum atomic E-state index is -1.15. The number of nitro groups is 1. The number of thiocarbonyl (C=S) groups is 1. The average Bonchev–Trinajstić information content (AvgIpc) is 3.19. The molecule has 8 nitrogen and oxygen atoms in total. The molecule has 1 fully saturated rings. The number of carboxylic acid groups (broad SMARTS) is 1. The second-order valence-corrected chi connectivity index (χ2v) is 7.25. The third-order valence-corrected chi connectivity index (χ3v) is 5.14. The zero-order valence-electron chi connectivity index (χ0n) is 13.8. The second-order valence-electron chi connectivity index (χ2n) is 5.58. The van der Waals surface area contributed by atoms with Crippen LogP contribution in [0.4, 0.5) is 5.69 Å². The van der Waals surface area contributed by atoms with Crippen molar-refractivity contribution >= 4 is 51.9 Å². The Labute approximate surface area is 162 Å². The number of furan rings is 1. The van der Waals surface area contributed by atoms with Gasteiger partial charge in [-0.1, -0.05) is 36.1 Å². The average molecular weight is 404 g/mol. The number of amides is 1. The molecule has 3 rings (SSSR count). The highest BCUT2D eigenvalue weighted by molar-refractivity contribution is 8.26. The van der Waals surface area contributed by atoms with E-state index < -0.39 is 22.8 Å². The van der Waals surface area contributed by atoms with E-state index in [0.717, 1.165) is 16.7 Å². The predicted octanol–water partition coefficient (Wildman–Crippen LogP) is 3.53. The predicted molar refractivity (Wildman–Crippen MR) is 103 cm³/mol. The van der Waals surface area contributed by atoms with Crippen LogP contribution in [0, 0.1) is 10.1 Å². The Morgan fingerprint density at radius 2 is 2.15 bits per heavy atom. The fourth-order valence-electron chi connectivity index (χ4n) is 2.41. The molecule has 1 amide bonds. The Kier molecular flexibility index (Phi) is 5.10. The number of carbonyl (C=O) groups excluding carboxylic acids is 1. The highest BCUT2D eigenvalue weighted by Crippen LogP contribution is 2.35. The largest absolute Gasteiger partial charge is 0.480 e. The van der Waals surface area contributed by atoms with Gasteiger partial charge in [-0.05, 0) is 19.1 Å². The van der Waals surface area contributed by atoms with Crippen LogP contribution in [-0.4, -0.2) is 37.2 Å². The fourth-order valence-corrected chi connectivity index (χ4v) is 3.81. The Bertz CT molecular complexity index is 997. The van der Waals surface area contributed by atoms with Crippen molar-refractivity contribution in [3.63, 3.8) is 0 Å². The number of hydrogen-bond acceptors (Lipinski definition) is 7. The monoisotopic (exact) mass is 404 g/mol. The second kappa shape index (κ2) is 7.33. The van der Waals surface area contributed by atoms with Crippen LogP contribution in [0.3, 0.4) is 0 Å². The van der Waals surface area contributed by atoms with Crippen molar-refractivity contribution in [3.8, 4) is 11.3 Å². The molecular formula is C17H12N2O6S2. The van der Waals surface area contributed by atoms with Crippen LogP contribution in [0.1, 0.15) is 12.7 Å². The molecule has 1 saturated heterocycles. The third kappa shape index (κ3) is 3.76. The number of non-ortho nitro benzene ring substituents is 1. The smallest absolute Gasteiger partial charge is 0.326 e. The van der Waals surface area contributed by atoms with E-state index in [1.807, 2.05) is 0 Å². The summed E-state index contributed by atoms with van der Waals surface area (Å²) in [5.74, 6) is -0.911. The van der Waals surface area contributed by atoms with E-state index in [2.05, 4.69) is 0 Å². The van der Waals surface area contributed by atoms with Gasteiger partial charge in [-0.25, -0.2) is 4.79 Å². The lowest BCUT2D eigenvalue weighted by molar-refractivity contribution is -0.384. The molecule has 1 unspecified atom stereocenters. The maximum absolute atomic E-state index is 12.4. The van der Waals surface area contributed by atoms with Gasteiger partial charge in [0, 0.05) is 23.8 Å². The lowest BCUT2D eigenvalue weighted by atomic mass is 10.1. The van der Waals surface area contributed by atoms with Crippen molar-refractivity contribution in [2.24, 2.45) is 0 Å². The van der Waals surface area contributed by atoms with Crippen LogP contribution in [-0.2, 0) is 9.59 Å². The zero-order chi connectivity index (χ0) is 19.7. The van der Waals surface area contributed by atoms with Crippen molar-refractivity contribution in [1.29, 1.82) is 0 Å². The first kappa shape index (κ1) is 18.8. The Morgan fingerprint density at radius 3 is 2.81 bits per heavy atom. The molecule has 1 aromatic carbocycles. The van der Waals surface area contributed by atoms with Crippen molar-refractivity contribution in [2.75, 3.05) is 0 Å². The summed E-state index contributed by atoms with van der Waals surface area (Å²) in [5, 5.41) is 20.0. The van der Waals surface area contributed by atoms with Gasteiger partial charge in [-0.2, -0.15) is 0 Å². The van der Waals surface area contributed by atoms with Gasteiger partial charge in [-0.15, -0.1) is 0 Å². The van der Waals surface area contributed by atoms with Gasteiger partial charge in [-0.3, -0.25) is 19.8 Å². The van der Waals surface area contributed by atoms with Gasteiger partial charge in [0.05, 0.1) is 9.83 Å². The first-order chi connectivity index (χ1) is 12.8. The van der Waals surface area contributed by atoms with Gasteiger partial charge >= 0.3 is 5.97 Å². The van der Waals surface area contributed by atoms with Crippen LogP contribution in [0.5, 0.6) is 0 Å². The van der Waals surface area contributed by atoms with Gasteiger partial charge in [0.2, 0.25) is 0 Å². The number of carbonyl (C=O) groups is 2. The lowest BCUT2D eigenvalue weighted by Gasteiger charge is -2.18. The van der Waals surface area contributed by atoms with Crippen LogP contribution >= 0.6 is 24.0 Å². The number of rotatable bonds is 5. The molecule has 138 valence electrons. The number of carboxylic acids is 1. The third-order valence-electron chi connectivity index (χ3n) is 3.81. The summed E-state index contributed by atoms with van der Waals surface area (Å²) in [6.45, 7) is 1.38. The molecule has 0 bridgehead atoms. The van der Waals surface area contributed by atoms with E-state index in [0.29, 0.717) is 17.1 Å². The normalized spacial score (nSPS) is 16.8. The highest BCUT2D eigenvalue weighted by atomic mass is 32.2. The molecular weight excluding hydrogens is 392 g/mol. The quantitative estimate of drug-likeness (QED) is 0.348. The molecule has 1 atom stereocenters. The molecule has 27 heavy (non-hydrogen) atoms. The zero-order valence-corrected chi connectivity index (χ0v) is 15.5. The van der Waals surface area contributed by atoms with E-state index in [-0.39, 0.29) is 14.9 Å². The van der Waals surface area contributed by atoms with Gasteiger partial charge in [0.15, 0.2) is 0 Å². The summed E-state index contributed by atoms with van der Waals surface area (Å²) >= 11 is 6.09. The summed E-state index contributed by atoms with van der Waals surface area (Å²) in [6.07, 6.45) is 1.47. The molecule has 10 heteroatoms. The maximum Gasteiger partial charge on any atom is 0.326 e. The molecule has 0 saturated carbocycles. The molecule has 0 radical (unpaired) electrons. The molecule has 0 aliphatic carbocycles. The molecule has 2 aromatic rings.